The number of hydrogen-bond acceptors (Lipinski definition) is 6. The number of pyridine rings is 1. The van der Waals surface area contributed by atoms with Crippen LogP contribution in [0.2, 0.25) is 0 Å². The van der Waals surface area contributed by atoms with E-state index in [4.69, 9.17) is 11.6 Å². The van der Waals surface area contributed by atoms with Gasteiger partial charge in [0.15, 0.2) is 11.6 Å². The third kappa shape index (κ3) is 3.28. The van der Waals surface area contributed by atoms with Gasteiger partial charge < -0.3 is 15.5 Å². The summed E-state index contributed by atoms with van der Waals surface area (Å²) in [6.45, 7) is 5.25. The van der Waals surface area contributed by atoms with E-state index in [1.54, 1.807) is 6.20 Å². The van der Waals surface area contributed by atoms with Crippen molar-refractivity contribution in [3.63, 3.8) is 0 Å². The number of allylic oxidation sites excluding steroid dienone is 1. The lowest BCUT2D eigenvalue weighted by molar-refractivity contribution is -0.112. The number of halogens is 1. The van der Waals surface area contributed by atoms with E-state index in [1.807, 2.05) is 12.1 Å². The van der Waals surface area contributed by atoms with E-state index in [2.05, 4.69) is 32.4 Å². The molecule has 1 fully saturated rings. The summed E-state index contributed by atoms with van der Waals surface area (Å²) < 4.78 is 0. The number of anilines is 1. The van der Waals surface area contributed by atoms with Crippen LogP contribution in [0.5, 0.6) is 0 Å². The van der Waals surface area contributed by atoms with Crippen LogP contribution in [-0.2, 0) is 4.79 Å². The fourth-order valence-corrected chi connectivity index (χ4v) is 2.73. The number of hydrogen-bond donors (Lipinski definition) is 2. The van der Waals surface area contributed by atoms with Gasteiger partial charge in [-0.3, -0.25) is 4.79 Å². The normalized spacial score (nSPS) is 24.2. The van der Waals surface area contributed by atoms with Gasteiger partial charge in [0.25, 0.3) is 0 Å². The molecular weight excluding hydrogens is 302 g/mol. The Balaban J connectivity index is 1.79. The number of nitrogens with one attached hydrogen (secondary N) is 2. The number of carbonyl (C=O) groups is 1. The summed E-state index contributed by atoms with van der Waals surface area (Å²) in [6, 6.07) is 4.25. The zero-order chi connectivity index (χ0) is 15.5. The average molecular weight is 320 g/mol. The van der Waals surface area contributed by atoms with Crippen LogP contribution < -0.4 is 15.5 Å². The Kier molecular flexibility index (Phi) is 4.40. The maximum absolute atomic E-state index is 11.8. The molecule has 6 nitrogen and oxygen atoms in total. The maximum atomic E-state index is 11.8. The summed E-state index contributed by atoms with van der Waals surface area (Å²) in [5.41, 5.74) is 1.41. The van der Waals surface area contributed by atoms with Gasteiger partial charge in [0.2, 0.25) is 0 Å². The molecule has 3 heterocycles. The topological polar surface area (TPSA) is 69.6 Å². The molecule has 0 unspecified atom stereocenters. The fraction of sp³-hybridized carbons (Fsp3) is 0.400. The Labute approximate surface area is 134 Å². The van der Waals surface area contributed by atoms with Crippen molar-refractivity contribution < 1.29 is 4.79 Å². The molecule has 0 aromatic carbocycles. The number of piperazine rings is 1. The van der Waals surface area contributed by atoms with Crippen molar-refractivity contribution in [2.45, 2.75) is 13.0 Å². The molecule has 2 N–H and O–H groups in total. The molecule has 0 aliphatic carbocycles. The zero-order valence-electron chi connectivity index (χ0n) is 12.3. The number of carbonyl (C=O) groups excluding carboxylic acids is 1. The molecule has 0 saturated carbocycles. The number of aromatic nitrogens is 1. The highest BCUT2D eigenvalue weighted by atomic mass is 35.5. The third-order valence-electron chi connectivity index (χ3n) is 3.77. The Morgan fingerprint density at radius 1 is 1.45 bits per heavy atom. The van der Waals surface area contributed by atoms with Crippen molar-refractivity contribution in [3.8, 4) is 0 Å². The van der Waals surface area contributed by atoms with Gasteiger partial charge in [0.05, 0.1) is 18.4 Å². The van der Waals surface area contributed by atoms with E-state index in [9.17, 15) is 4.79 Å². The number of Topliss-reactive ketones (excluding diaryl/α,β-unsaturated/α-hetero) is 1. The van der Waals surface area contributed by atoms with Crippen molar-refractivity contribution in [2.75, 3.05) is 31.1 Å². The molecule has 0 spiro atoms. The molecule has 116 valence electrons. The van der Waals surface area contributed by atoms with E-state index >= 15 is 0 Å². The maximum Gasteiger partial charge on any atom is 0.200 e. The molecular formula is C15H18ClN5O. The van der Waals surface area contributed by atoms with Crippen molar-refractivity contribution in [1.29, 1.82) is 0 Å². The summed E-state index contributed by atoms with van der Waals surface area (Å²) in [6.07, 6.45) is 3.33. The molecule has 1 atom stereocenters. The second-order valence-corrected chi connectivity index (χ2v) is 5.79. The molecule has 1 aromatic rings. The van der Waals surface area contributed by atoms with Crippen molar-refractivity contribution >= 4 is 34.6 Å². The van der Waals surface area contributed by atoms with Crippen molar-refractivity contribution in [2.24, 2.45) is 4.99 Å². The van der Waals surface area contributed by atoms with Crippen LogP contribution in [-0.4, -0.2) is 48.7 Å². The Morgan fingerprint density at radius 3 is 3.05 bits per heavy atom. The first kappa shape index (κ1) is 15.0. The fourth-order valence-electron chi connectivity index (χ4n) is 2.56. The molecule has 22 heavy (non-hydrogen) atoms. The van der Waals surface area contributed by atoms with E-state index in [0.717, 1.165) is 25.3 Å². The van der Waals surface area contributed by atoms with Crippen LogP contribution in [0.4, 0.5) is 11.5 Å². The second-order valence-electron chi connectivity index (χ2n) is 5.39. The number of aliphatic imine (C=N–C) groups is 1. The van der Waals surface area contributed by atoms with Crippen LogP contribution in [0.3, 0.4) is 0 Å². The monoisotopic (exact) mass is 319 g/mol. The number of rotatable bonds is 2. The molecule has 1 saturated heterocycles. The van der Waals surface area contributed by atoms with Gasteiger partial charge in [-0.15, -0.1) is 0 Å². The van der Waals surface area contributed by atoms with Gasteiger partial charge in [0, 0.05) is 31.8 Å². The Bertz CT molecular complexity index is 625. The molecule has 0 bridgehead atoms. The number of nitrogens with zero attached hydrogens (tertiary/aromatic N) is 3. The lowest BCUT2D eigenvalue weighted by Gasteiger charge is -2.35. The molecule has 0 radical (unpaired) electrons. The molecule has 3 rings (SSSR count). The van der Waals surface area contributed by atoms with Crippen LogP contribution in [0.1, 0.15) is 6.92 Å². The van der Waals surface area contributed by atoms with Gasteiger partial charge >= 0.3 is 0 Å². The van der Waals surface area contributed by atoms with Gasteiger partial charge in [0.1, 0.15) is 10.9 Å². The standard InChI is InChI=1S/C15H18ClN5O/c1-10-7-17-4-5-21(10)11-2-3-15(19-8-11)20-12-6-14(16)18-9-13(12)22/h2-3,6,8,10,17-18H,4-5,7,9H2,1H3/t10-/m0/s1. The van der Waals surface area contributed by atoms with Crippen LogP contribution >= 0.6 is 11.6 Å². The lowest BCUT2D eigenvalue weighted by Crippen LogP contribution is -2.49. The summed E-state index contributed by atoms with van der Waals surface area (Å²) in [4.78, 5) is 22.7. The van der Waals surface area contributed by atoms with Gasteiger partial charge in [-0.2, -0.15) is 0 Å². The predicted molar refractivity (Wildman–Crippen MR) is 88.0 cm³/mol. The minimum Gasteiger partial charge on any atom is -0.368 e. The van der Waals surface area contributed by atoms with Gasteiger partial charge in [-0.05, 0) is 19.1 Å². The first-order valence-corrected chi connectivity index (χ1v) is 7.67. The van der Waals surface area contributed by atoms with Crippen LogP contribution in [0, 0.1) is 0 Å². The Hall–Kier alpha value is -1.92. The summed E-state index contributed by atoms with van der Waals surface area (Å²) in [7, 11) is 0. The predicted octanol–water partition coefficient (Wildman–Crippen LogP) is 1.20. The van der Waals surface area contributed by atoms with Crippen molar-refractivity contribution in [1.82, 2.24) is 15.6 Å². The SMILES string of the molecule is C[C@H]1CNCCN1c1ccc(N=C2C=C(Cl)NCC2=O)nc1. The van der Waals surface area contributed by atoms with Crippen LogP contribution in [0.25, 0.3) is 0 Å². The first-order chi connectivity index (χ1) is 10.6. The van der Waals surface area contributed by atoms with Gasteiger partial charge in [-0.1, -0.05) is 11.6 Å². The van der Waals surface area contributed by atoms with Crippen LogP contribution in [0.15, 0.2) is 34.6 Å². The molecule has 7 heteroatoms. The lowest BCUT2D eigenvalue weighted by atomic mass is 10.2. The minimum absolute atomic E-state index is 0.0917. The summed E-state index contributed by atoms with van der Waals surface area (Å²) in [5.74, 6) is 0.420. The second kappa shape index (κ2) is 6.46. The highest BCUT2D eigenvalue weighted by Crippen LogP contribution is 2.20. The number of ketones is 1. The minimum atomic E-state index is -0.0917. The molecule has 2 aliphatic heterocycles. The largest absolute Gasteiger partial charge is 0.368 e. The summed E-state index contributed by atoms with van der Waals surface area (Å²) in [5, 5.41) is 6.55. The smallest absolute Gasteiger partial charge is 0.200 e. The Morgan fingerprint density at radius 2 is 2.32 bits per heavy atom. The molecule has 2 aliphatic rings. The van der Waals surface area contributed by atoms with E-state index in [0.29, 0.717) is 22.7 Å². The molecule has 0 amide bonds. The highest BCUT2D eigenvalue weighted by Gasteiger charge is 2.19. The third-order valence-corrected chi connectivity index (χ3v) is 4.01. The first-order valence-electron chi connectivity index (χ1n) is 7.30. The average Bonchev–Trinajstić information content (AvgIpc) is 2.52. The quantitative estimate of drug-likeness (QED) is 0.802. The highest BCUT2D eigenvalue weighted by molar-refractivity contribution is 6.48. The van der Waals surface area contributed by atoms with Crippen molar-refractivity contribution in [3.05, 3.63) is 29.6 Å². The van der Waals surface area contributed by atoms with Gasteiger partial charge in [-0.25, -0.2) is 9.98 Å². The zero-order valence-corrected chi connectivity index (χ0v) is 13.1. The summed E-state index contributed by atoms with van der Waals surface area (Å²) >= 11 is 5.87. The van der Waals surface area contributed by atoms with E-state index in [-0.39, 0.29) is 12.3 Å². The van der Waals surface area contributed by atoms with E-state index < -0.39 is 0 Å². The molecule has 1 aromatic heterocycles. The van der Waals surface area contributed by atoms with E-state index in [1.165, 1.54) is 6.08 Å².